The van der Waals surface area contributed by atoms with Gasteiger partial charge in [0.25, 0.3) is 0 Å². The van der Waals surface area contributed by atoms with Crippen LogP contribution in [-0.2, 0) is 4.79 Å². The van der Waals surface area contributed by atoms with Crippen molar-refractivity contribution in [2.75, 3.05) is 25.0 Å². The number of anilines is 1. The lowest BCUT2D eigenvalue weighted by Crippen LogP contribution is -2.50. The van der Waals surface area contributed by atoms with Crippen LogP contribution in [0.15, 0.2) is 17.8 Å². The molecule has 2 N–H and O–H groups in total. The summed E-state index contributed by atoms with van der Waals surface area (Å²) in [4.78, 5) is 28.4. The molecule has 110 valence electrons. The van der Waals surface area contributed by atoms with Gasteiger partial charge < -0.3 is 10.4 Å². The molecule has 0 spiro atoms. The van der Waals surface area contributed by atoms with E-state index in [1.807, 2.05) is 4.90 Å². The van der Waals surface area contributed by atoms with Gasteiger partial charge in [-0.05, 0) is 0 Å². The van der Waals surface area contributed by atoms with Crippen molar-refractivity contribution >= 4 is 28.3 Å². The van der Waals surface area contributed by atoms with Gasteiger partial charge in [0, 0.05) is 24.7 Å². The van der Waals surface area contributed by atoms with Gasteiger partial charge in [-0.2, -0.15) is 0 Å². The summed E-state index contributed by atoms with van der Waals surface area (Å²) in [5.74, 6) is -1.21. The Hall–Kier alpha value is -2.33. The molecular formula is C11H12N6O3S. The Bertz CT molecular complexity index is 649. The van der Waals surface area contributed by atoms with Gasteiger partial charge in [0.15, 0.2) is 10.8 Å². The predicted molar refractivity (Wildman–Crippen MR) is 73.2 cm³/mol. The number of likely N-dealkylation sites (tertiary alicyclic amines) is 1. The van der Waals surface area contributed by atoms with Crippen LogP contribution in [0.2, 0.25) is 0 Å². The van der Waals surface area contributed by atoms with Crippen molar-refractivity contribution in [1.29, 1.82) is 0 Å². The molecule has 2 aromatic rings. The summed E-state index contributed by atoms with van der Waals surface area (Å²) >= 11 is 1.37. The van der Waals surface area contributed by atoms with Gasteiger partial charge >= 0.3 is 5.97 Å². The van der Waals surface area contributed by atoms with Gasteiger partial charge in [0.05, 0.1) is 18.8 Å². The molecule has 3 heterocycles. The molecule has 1 amide bonds. The first-order valence-electron chi connectivity index (χ1n) is 6.18. The van der Waals surface area contributed by atoms with Crippen LogP contribution in [-0.4, -0.2) is 61.5 Å². The molecule has 0 radical (unpaired) electrons. The topological polar surface area (TPSA) is 113 Å². The smallest absolute Gasteiger partial charge is 0.358 e. The number of carbonyl (C=O) groups excluding carboxylic acids is 1. The first-order valence-corrected chi connectivity index (χ1v) is 7.06. The zero-order valence-corrected chi connectivity index (χ0v) is 11.7. The normalized spacial score (nSPS) is 15.6. The van der Waals surface area contributed by atoms with Crippen LogP contribution in [0.4, 0.5) is 5.13 Å². The summed E-state index contributed by atoms with van der Waals surface area (Å²) in [6, 6.07) is 0.0539. The molecule has 10 heteroatoms. The van der Waals surface area contributed by atoms with Crippen LogP contribution >= 0.6 is 11.3 Å². The van der Waals surface area contributed by atoms with Crippen LogP contribution in [0.3, 0.4) is 0 Å². The molecule has 1 aliphatic heterocycles. The third-order valence-corrected chi connectivity index (χ3v) is 3.78. The van der Waals surface area contributed by atoms with E-state index in [0.29, 0.717) is 18.2 Å². The molecule has 1 fully saturated rings. The van der Waals surface area contributed by atoms with Gasteiger partial charge in [-0.3, -0.25) is 9.69 Å². The standard InChI is InChI=1S/C11H12N6O3S/c18-9(13-11-12-1-2-21-11)6-16-3-7(4-16)17-5-8(10(19)20)14-15-17/h1-2,5,7H,3-4,6H2,(H,19,20)(H,12,13,18). The van der Waals surface area contributed by atoms with E-state index in [-0.39, 0.29) is 24.2 Å². The van der Waals surface area contributed by atoms with E-state index in [2.05, 4.69) is 20.6 Å². The monoisotopic (exact) mass is 308 g/mol. The number of hydrogen-bond donors (Lipinski definition) is 2. The van der Waals surface area contributed by atoms with Gasteiger partial charge in [-0.1, -0.05) is 5.21 Å². The second kappa shape index (κ2) is 5.58. The Kier molecular flexibility index (Phi) is 3.62. The summed E-state index contributed by atoms with van der Waals surface area (Å²) in [5.41, 5.74) is -0.0741. The highest BCUT2D eigenvalue weighted by Gasteiger charge is 2.31. The predicted octanol–water partition coefficient (Wildman–Crippen LogP) is -0.0718. The lowest BCUT2D eigenvalue weighted by atomic mass is 10.1. The van der Waals surface area contributed by atoms with Crippen molar-refractivity contribution in [2.24, 2.45) is 0 Å². The Morgan fingerprint density at radius 1 is 1.48 bits per heavy atom. The zero-order valence-electron chi connectivity index (χ0n) is 10.8. The molecule has 1 saturated heterocycles. The third-order valence-electron chi connectivity index (χ3n) is 3.09. The first-order chi connectivity index (χ1) is 10.1. The second-order valence-corrected chi connectivity index (χ2v) is 5.52. The summed E-state index contributed by atoms with van der Waals surface area (Å²) in [5, 5.41) is 21.2. The number of aromatic carboxylic acids is 1. The number of carboxylic acids is 1. The number of hydrogen-bond acceptors (Lipinski definition) is 7. The molecule has 0 unspecified atom stereocenters. The van der Waals surface area contributed by atoms with Crippen LogP contribution in [0.25, 0.3) is 0 Å². The number of rotatable bonds is 5. The molecule has 3 rings (SSSR count). The number of nitrogens with zero attached hydrogens (tertiary/aromatic N) is 5. The van der Waals surface area contributed by atoms with Crippen molar-refractivity contribution in [1.82, 2.24) is 24.9 Å². The number of carbonyl (C=O) groups is 2. The maximum absolute atomic E-state index is 11.8. The number of aromatic nitrogens is 4. The Labute approximate surface area is 123 Å². The number of nitrogens with one attached hydrogen (secondary N) is 1. The van der Waals surface area contributed by atoms with E-state index in [1.165, 1.54) is 22.2 Å². The van der Waals surface area contributed by atoms with Crippen molar-refractivity contribution in [3.05, 3.63) is 23.5 Å². The molecule has 0 atom stereocenters. The molecule has 0 bridgehead atoms. The van der Waals surface area contributed by atoms with E-state index in [1.54, 1.807) is 11.6 Å². The maximum atomic E-state index is 11.8. The van der Waals surface area contributed by atoms with Gasteiger partial charge in [-0.25, -0.2) is 14.5 Å². The summed E-state index contributed by atoms with van der Waals surface area (Å²) in [6.07, 6.45) is 3.03. The van der Waals surface area contributed by atoms with Crippen molar-refractivity contribution in [3.63, 3.8) is 0 Å². The van der Waals surface area contributed by atoms with Crippen LogP contribution < -0.4 is 5.32 Å². The summed E-state index contributed by atoms with van der Waals surface area (Å²) in [7, 11) is 0. The first kappa shape index (κ1) is 13.6. The van der Waals surface area contributed by atoms with E-state index < -0.39 is 5.97 Å². The molecule has 0 saturated carbocycles. The number of thiazole rings is 1. The highest BCUT2D eigenvalue weighted by atomic mass is 32.1. The molecule has 0 aromatic carbocycles. The van der Waals surface area contributed by atoms with Crippen LogP contribution in [0, 0.1) is 0 Å². The van der Waals surface area contributed by atoms with Crippen molar-refractivity contribution in [2.45, 2.75) is 6.04 Å². The largest absolute Gasteiger partial charge is 0.476 e. The fourth-order valence-electron chi connectivity index (χ4n) is 2.04. The van der Waals surface area contributed by atoms with Crippen molar-refractivity contribution in [3.8, 4) is 0 Å². The zero-order chi connectivity index (χ0) is 14.8. The molecule has 1 aliphatic rings. The van der Waals surface area contributed by atoms with Crippen molar-refractivity contribution < 1.29 is 14.7 Å². The van der Waals surface area contributed by atoms with E-state index in [0.717, 1.165) is 0 Å². The fraction of sp³-hybridized carbons (Fsp3) is 0.364. The van der Waals surface area contributed by atoms with Gasteiger partial charge in [-0.15, -0.1) is 16.4 Å². The average molecular weight is 308 g/mol. The summed E-state index contributed by atoms with van der Waals surface area (Å²) < 4.78 is 1.53. The fourth-order valence-corrected chi connectivity index (χ4v) is 2.58. The highest BCUT2D eigenvalue weighted by molar-refractivity contribution is 7.13. The Morgan fingerprint density at radius 3 is 2.90 bits per heavy atom. The van der Waals surface area contributed by atoms with E-state index in [9.17, 15) is 9.59 Å². The van der Waals surface area contributed by atoms with Gasteiger partial charge in [0.1, 0.15) is 0 Å². The van der Waals surface area contributed by atoms with Crippen LogP contribution in [0.5, 0.6) is 0 Å². The van der Waals surface area contributed by atoms with E-state index in [4.69, 9.17) is 5.11 Å². The number of amides is 1. The van der Waals surface area contributed by atoms with Crippen LogP contribution in [0.1, 0.15) is 16.5 Å². The lowest BCUT2D eigenvalue weighted by molar-refractivity contribution is -0.118. The quantitative estimate of drug-likeness (QED) is 0.794. The maximum Gasteiger partial charge on any atom is 0.358 e. The highest BCUT2D eigenvalue weighted by Crippen LogP contribution is 2.20. The Balaban J connectivity index is 1.47. The molecule has 0 aliphatic carbocycles. The third kappa shape index (κ3) is 3.06. The minimum absolute atomic E-state index is 0.0539. The molecule has 21 heavy (non-hydrogen) atoms. The SMILES string of the molecule is O=C(CN1CC(n2cc(C(=O)O)nn2)C1)Nc1nccs1. The molecule has 2 aromatic heterocycles. The average Bonchev–Trinajstić information content (AvgIpc) is 3.03. The minimum Gasteiger partial charge on any atom is -0.476 e. The molecular weight excluding hydrogens is 296 g/mol. The van der Waals surface area contributed by atoms with Gasteiger partial charge in [0.2, 0.25) is 5.91 Å². The minimum atomic E-state index is -1.10. The van der Waals surface area contributed by atoms with E-state index >= 15 is 0 Å². The lowest BCUT2D eigenvalue weighted by Gasteiger charge is -2.38. The number of carboxylic acid groups (broad SMARTS) is 1. The Morgan fingerprint density at radius 2 is 2.29 bits per heavy atom. The second-order valence-electron chi connectivity index (χ2n) is 4.62. The molecule has 9 nitrogen and oxygen atoms in total. The summed E-state index contributed by atoms with van der Waals surface area (Å²) in [6.45, 7) is 1.54.